The molecule has 0 spiro atoms. The minimum absolute atomic E-state index is 0.170. The van der Waals surface area contributed by atoms with Crippen LogP contribution < -0.4 is 5.32 Å². The molecule has 3 aromatic rings. The molecule has 3 aromatic carbocycles. The maximum atomic E-state index is 13.0. The van der Waals surface area contributed by atoms with Crippen molar-refractivity contribution >= 4 is 44.2 Å². The Labute approximate surface area is 203 Å². The second-order valence-electron chi connectivity index (χ2n) is 8.80. The van der Waals surface area contributed by atoms with E-state index >= 15 is 0 Å². The molecule has 0 aromatic heterocycles. The molecule has 0 aliphatic carbocycles. The zero-order valence-electron chi connectivity index (χ0n) is 19.1. The number of nitrogens with zero attached hydrogens (tertiary/aromatic N) is 2. The van der Waals surface area contributed by atoms with Gasteiger partial charge in [0.25, 0.3) is 11.8 Å². The highest BCUT2D eigenvalue weighted by atomic mass is 32.2. The van der Waals surface area contributed by atoms with Gasteiger partial charge in [-0.05, 0) is 54.6 Å². The lowest BCUT2D eigenvalue weighted by Crippen LogP contribution is -2.44. The van der Waals surface area contributed by atoms with Gasteiger partial charge < -0.3 is 5.32 Å². The standard InChI is InChI=1S/C26H25N3O5S/c30-23(17-29-25(31)21-9-5-7-18-8-6-10-22(24(18)21)26(29)32)27-19-11-13-20(14-12-19)35(33,34)28-15-3-1-2-4-16-28/h5-14H,1-4,15-17H2,(H,27,30). The molecule has 2 heterocycles. The van der Waals surface area contributed by atoms with Crippen LogP contribution in [0.25, 0.3) is 10.8 Å². The van der Waals surface area contributed by atoms with Crippen molar-refractivity contribution in [2.75, 3.05) is 25.0 Å². The largest absolute Gasteiger partial charge is 0.325 e. The molecule has 1 saturated heterocycles. The second-order valence-corrected chi connectivity index (χ2v) is 10.7. The van der Waals surface area contributed by atoms with Gasteiger partial charge in [0.2, 0.25) is 15.9 Å². The van der Waals surface area contributed by atoms with Crippen molar-refractivity contribution in [2.24, 2.45) is 0 Å². The summed E-state index contributed by atoms with van der Waals surface area (Å²) in [5.41, 5.74) is 1.14. The summed E-state index contributed by atoms with van der Waals surface area (Å²) >= 11 is 0. The maximum Gasteiger partial charge on any atom is 0.261 e. The van der Waals surface area contributed by atoms with E-state index in [1.807, 2.05) is 12.1 Å². The van der Waals surface area contributed by atoms with Crippen LogP contribution in [0, 0.1) is 0 Å². The molecule has 3 amide bonds. The lowest BCUT2D eigenvalue weighted by molar-refractivity contribution is -0.116. The highest BCUT2D eigenvalue weighted by Gasteiger charge is 2.34. The van der Waals surface area contributed by atoms with E-state index < -0.39 is 34.3 Å². The highest BCUT2D eigenvalue weighted by Crippen LogP contribution is 2.30. The molecule has 180 valence electrons. The molecule has 1 fully saturated rings. The molecular weight excluding hydrogens is 466 g/mol. The van der Waals surface area contributed by atoms with Crippen LogP contribution in [0.1, 0.15) is 46.4 Å². The number of sulfonamides is 1. The molecule has 0 radical (unpaired) electrons. The van der Waals surface area contributed by atoms with Crippen molar-refractivity contribution in [1.82, 2.24) is 9.21 Å². The van der Waals surface area contributed by atoms with Crippen molar-refractivity contribution in [3.8, 4) is 0 Å². The molecule has 8 nitrogen and oxygen atoms in total. The Balaban J connectivity index is 1.29. The summed E-state index contributed by atoms with van der Waals surface area (Å²) in [5, 5.41) is 4.05. The van der Waals surface area contributed by atoms with Gasteiger partial charge in [-0.1, -0.05) is 37.1 Å². The van der Waals surface area contributed by atoms with Crippen LogP contribution in [-0.4, -0.2) is 55.0 Å². The van der Waals surface area contributed by atoms with Gasteiger partial charge in [0, 0.05) is 35.3 Å². The van der Waals surface area contributed by atoms with Gasteiger partial charge in [0.1, 0.15) is 6.54 Å². The molecule has 0 unspecified atom stereocenters. The first kappa shape index (κ1) is 23.2. The van der Waals surface area contributed by atoms with Gasteiger partial charge in [-0.25, -0.2) is 8.42 Å². The van der Waals surface area contributed by atoms with E-state index in [0.717, 1.165) is 36.0 Å². The number of amides is 3. The first-order valence-corrected chi connectivity index (χ1v) is 13.1. The number of carbonyl (C=O) groups is 3. The Morgan fingerprint density at radius 2 is 1.37 bits per heavy atom. The van der Waals surface area contributed by atoms with Crippen molar-refractivity contribution in [2.45, 2.75) is 30.6 Å². The smallest absolute Gasteiger partial charge is 0.261 e. The van der Waals surface area contributed by atoms with Gasteiger partial charge in [-0.2, -0.15) is 4.31 Å². The quantitative estimate of drug-likeness (QED) is 0.549. The minimum Gasteiger partial charge on any atom is -0.325 e. The van der Waals surface area contributed by atoms with Crippen molar-refractivity contribution in [1.29, 1.82) is 0 Å². The monoisotopic (exact) mass is 491 g/mol. The molecule has 0 saturated carbocycles. The van der Waals surface area contributed by atoms with Crippen LogP contribution in [-0.2, 0) is 14.8 Å². The third-order valence-electron chi connectivity index (χ3n) is 6.50. The van der Waals surface area contributed by atoms with Crippen LogP contribution in [0.2, 0.25) is 0 Å². The van der Waals surface area contributed by atoms with Crippen LogP contribution in [0.5, 0.6) is 0 Å². The van der Waals surface area contributed by atoms with E-state index in [0.29, 0.717) is 35.3 Å². The van der Waals surface area contributed by atoms with E-state index in [1.165, 1.54) is 28.6 Å². The number of imide groups is 1. The summed E-state index contributed by atoms with van der Waals surface area (Å²) < 4.78 is 27.4. The Bertz CT molecular complexity index is 1370. The number of hydrogen-bond acceptors (Lipinski definition) is 5. The van der Waals surface area contributed by atoms with E-state index in [-0.39, 0.29) is 4.90 Å². The number of benzene rings is 3. The predicted octanol–water partition coefficient (Wildman–Crippen LogP) is 3.64. The van der Waals surface area contributed by atoms with Crippen LogP contribution in [0.4, 0.5) is 5.69 Å². The predicted molar refractivity (Wildman–Crippen MR) is 132 cm³/mol. The van der Waals surface area contributed by atoms with E-state index in [1.54, 1.807) is 24.3 Å². The summed E-state index contributed by atoms with van der Waals surface area (Å²) in [5.74, 6) is -1.59. The topological polar surface area (TPSA) is 104 Å². The molecule has 35 heavy (non-hydrogen) atoms. The fourth-order valence-corrected chi connectivity index (χ4v) is 6.23. The number of nitrogens with one attached hydrogen (secondary N) is 1. The average molecular weight is 492 g/mol. The number of carbonyl (C=O) groups excluding carboxylic acids is 3. The molecular formula is C26H25N3O5S. The van der Waals surface area contributed by atoms with Crippen LogP contribution >= 0.6 is 0 Å². The molecule has 5 rings (SSSR count). The lowest BCUT2D eigenvalue weighted by atomic mass is 9.94. The Morgan fingerprint density at radius 3 is 1.94 bits per heavy atom. The fraction of sp³-hybridized carbons (Fsp3) is 0.269. The zero-order valence-corrected chi connectivity index (χ0v) is 19.9. The number of rotatable bonds is 5. The second kappa shape index (κ2) is 9.24. The normalized spacial score (nSPS) is 16.9. The third kappa shape index (κ3) is 4.33. The summed E-state index contributed by atoms with van der Waals surface area (Å²) in [7, 11) is -3.59. The molecule has 2 aliphatic rings. The fourth-order valence-electron chi connectivity index (χ4n) is 4.71. The number of hydrogen-bond donors (Lipinski definition) is 1. The summed E-state index contributed by atoms with van der Waals surface area (Å²) in [6.07, 6.45) is 3.75. The van der Waals surface area contributed by atoms with E-state index in [4.69, 9.17) is 0 Å². The van der Waals surface area contributed by atoms with Gasteiger partial charge in [-0.15, -0.1) is 0 Å². The summed E-state index contributed by atoms with van der Waals surface area (Å²) in [6, 6.07) is 16.4. The van der Waals surface area contributed by atoms with Crippen molar-refractivity contribution in [3.05, 3.63) is 71.8 Å². The zero-order chi connectivity index (χ0) is 24.6. The molecule has 1 N–H and O–H groups in total. The first-order chi connectivity index (χ1) is 16.9. The van der Waals surface area contributed by atoms with Gasteiger partial charge in [-0.3, -0.25) is 19.3 Å². The molecule has 0 bridgehead atoms. The van der Waals surface area contributed by atoms with Gasteiger partial charge >= 0.3 is 0 Å². The average Bonchev–Trinajstić information content (AvgIpc) is 3.16. The Morgan fingerprint density at radius 1 is 0.800 bits per heavy atom. The molecule has 0 atom stereocenters. The molecule has 2 aliphatic heterocycles. The van der Waals surface area contributed by atoms with E-state index in [2.05, 4.69) is 5.32 Å². The summed E-state index contributed by atoms with van der Waals surface area (Å²) in [4.78, 5) is 39.8. The maximum absolute atomic E-state index is 13.0. The van der Waals surface area contributed by atoms with E-state index in [9.17, 15) is 22.8 Å². The summed E-state index contributed by atoms with van der Waals surface area (Å²) in [6.45, 7) is 0.571. The van der Waals surface area contributed by atoms with Gasteiger partial charge in [0.05, 0.1) is 4.90 Å². The van der Waals surface area contributed by atoms with Crippen LogP contribution in [0.15, 0.2) is 65.6 Å². The highest BCUT2D eigenvalue weighted by molar-refractivity contribution is 7.89. The SMILES string of the molecule is O=C(CN1C(=O)c2cccc3cccc(c23)C1=O)Nc1ccc(S(=O)(=O)N2CCCCCC2)cc1. The van der Waals surface area contributed by atoms with Crippen molar-refractivity contribution in [3.63, 3.8) is 0 Å². The van der Waals surface area contributed by atoms with Crippen LogP contribution in [0.3, 0.4) is 0 Å². The third-order valence-corrected chi connectivity index (χ3v) is 8.41. The first-order valence-electron chi connectivity index (χ1n) is 11.6. The van der Waals surface area contributed by atoms with Crippen molar-refractivity contribution < 1.29 is 22.8 Å². The Kier molecular flexibility index (Phi) is 6.12. The number of anilines is 1. The lowest BCUT2D eigenvalue weighted by Gasteiger charge is -2.26. The Hall–Kier alpha value is -3.56. The minimum atomic E-state index is -3.59. The molecule has 9 heteroatoms. The van der Waals surface area contributed by atoms with Gasteiger partial charge in [0.15, 0.2) is 0 Å².